The topological polar surface area (TPSA) is 83.5 Å². The van der Waals surface area contributed by atoms with Gasteiger partial charge >= 0.3 is 5.97 Å². The van der Waals surface area contributed by atoms with E-state index in [1.807, 2.05) is 6.26 Å². The lowest BCUT2D eigenvalue weighted by Crippen LogP contribution is -2.33. The number of carboxylic acids is 1. The van der Waals surface area contributed by atoms with Crippen molar-refractivity contribution in [1.29, 1.82) is 0 Å². The van der Waals surface area contributed by atoms with Gasteiger partial charge in [-0.15, -0.1) is 0 Å². The summed E-state index contributed by atoms with van der Waals surface area (Å²) in [4.78, 5) is 10.9. The maximum atomic E-state index is 12.3. The van der Waals surface area contributed by atoms with Gasteiger partial charge in [-0.05, 0) is 59.5 Å². The third kappa shape index (κ3) is 4.76. The quantitative estimate of drug-likeness (QED) is 0.757. The smallest absolute Gasteiger partial charge is 0.335 e. The molecule has 0 aliphatic rings. The van der Waals surface area contributed by atoms with Crippen LogP contribution < -0.4 is 4.72 Å². The highest BCUT2D eigenvalue weighted by Crippen LogP contribution is 2.23. The molecule has 1 atom stereocenters. The van der Waals surface area contributed by atoms with Crippen molar-refractivity contribution in [3.8, 4) is 0 Å². The standard InChI is InChI=1S/C12H16BrNO4S2/c1-8(5-6-19-2)14-20(17,18)11-7-9(12(15)16)3-4-10(11)13/h3-4,7-8,14H,5-6H2,1-2H3,(H,15,16). The van der Waals surface area contributed by atoms with E-state index in [2.05, 4.69) is 20.7 Å². The van der Waals surface area contributed by atoms with Crippen LogP contribution in [0.3, 0.4) is 0 Å². The lowest BCUT2D eigenvalue weighted by molar-refractivity contribution is 0.0696. The number of sulfonamides is 1. The predicted octanol–water partition coefficient (Wildman–Crippen LogP) is 2.57. The van der Waals surface area contributed by atoms with Crippen molar-refractivity contribution in [2.75, 3.05) is 12.0 Å². The van der Waals surface area contributed by atoms with Gasteiger partial charge < -0.3 is 5.11 Å². The molecule has 1 unspecified atom stereocenters. The highest BCUT2D eigenvalue weighted by atomic mass is 79.9. The molecular formula is C12H16BrNO4S2. The number of rotatable bonds is 7. The van der Waals surface area contributed by atoms with E-state index in [0.29, 0.717) is 10.9 Å². The van der Waals surface area contributed by atoms with E-state index in [1.165, 1.54) is 12.1 Å². The lowest BCUT2D eigenvalue weighted by Gasteiger charge is -2.15. The van der Waals surface area contributed by atoms with Crippen molar-refractivity contribution in [3.63, 3.8) is 0 Å². The van der Waals surface area contributed by atoms with E-state index in [9.17, 15) is 13.2 Å². The molecule has 0 spiro atoms. The largest absolute Gasteiger partial charge is 0.478 e. The summed E-state index contributed by atoms with van der Waals surface area (Å²) in [6.07, 6.45) is 2.66. The molecule has 0 saturated heterocycles. The van der Waals surface area contributed by atoms with Gasteiger partial charge in [0.1, 0.15) is 0 Å². The van der Waals surface area contributed by atoms with Gasteiger partial charge in [-0.1, -0.05) is 0 Å². The Morgan fingerprint density at radius 3 is 2.70 bits per heavy atom. The number of aromatic carboxylic acids is 1. The predicted molar refractivity (Wildman–Crippen MR) is 83.9 cm³/mol. The molecule has 5 nitrogen and oxygen atoms in total. The van der Waals surface area contributed by atoms with E-state index < -0.39 is 16.0 Å². The van der Waals surface area contributed by atoms with Crippen molar-refractivity contribution in [3.05, 3.63) is 28.2 Å². The van der Waals surface area contributed by atoms with Crippen molar-refractivity contribution in [1.82, 2.24) is 4.72 Å². The van der Waals surface area contributed by atoms with Gasteiger partial charge in [0, 0.05) is 10.5 Å². The maximum absolute atomic E-state index is 12.3. The average Bonchev–Trinajstić information content (AvgIpc) is 2.35. The summed E-state index contributed by atoms with van der Waals surface area (Å²) in [6.45, 7) is 1.78. The molecule has 0 aliphatic carbocycles. The zero-order chi connectivity index (χ0) is 15.3. The third-order valence-electron chi connectivity index (χ3n) is 2.58. The van der Waals surface area contributed by atoms with Crippen LogP contribution in [-0.2, 0) is 10.0 Å². The Balaban J connectivity index is 3.03. The van der Waals surface area contributed by atoms with Gasteiger partial charge in [0.15, 0.2) is 0 Å². The van der Waals surface area contributed by atoms with E-state index in [0.717, 1.165) is 11.8 Å². The first kappa shape index (κ1) is 17.5. The molecule has 1 aromatic carbocycles. The van der Waals surface area contributed by atoms with Crippen molar-refractivity contribution < 1.29 is 18.3 Å². The van der Waals surface area contributed by atoms with Crippen LogP contribution >= 0.6 is 27.7 Å². The van der Waals surface area contributed by atoms with E-state index in [1.54, 1.807) is 18.7 Å². The SMILES string of the molecule is CSCCC(C)NS(=O)(=O)c1cc(C(=O)O)ccc1Br. The highest BCUT2D eigenvalue weighted by molar-refractivity contribution is 9.10. The van der Waals surface area contributed by atoms with Gasteiger partial charge in [-0.2, -0.15) is 11.8 Å². The Morgan fingerprint density at radius 1 is 1.50 bits per heavy atom. The number of halogens is 1. The Labute approximate surface area is 131 Å². The summed E-state index contributed by atoms with van der Waals surface area (Å²) in [5.74, 6) is -0.315. The fourth-order valence-corrected chi connectivity index (χ4v) is 4.38. The molecule has 0 amide bonds. The molecule has 0 aliphatic heterocycles. The monoisotopic (exact) mass is 381 g/mol. The molecule has 1 aromatic rings. The van der Waals surface area contributed by atoms with E-state index in [-0.39, 0.29) is 16.5 Å². The Hall–Kier alpha value is -0.570. The zero-order valence-corrected chi connectivity index (χ0v) is 14.3. The summed E-state index contributed by atoms with van der Waals surface area (Å²) < 4.78 is 27.4. The van der Waals surface area contributed by atoms with Crippen LogP contribution in [0.25, 0.3) is 0 Å². The molecule has 0 fully saturated rings. The van der Waals surface area contributed by atoms with E-state index in [4.69, 9.17) is 5.11 Å². The molecular weight excluding hydrogens is 366 g/mol. The molecule has 20 heavy (non-hydrogen) atoms. The number of hydrogen-bond donors (Lipinski definition) is 2. The van der Waals surface area contributed by atoms with Gasteiger partial charge in [-0.25, -0.2) is 17.9 Å². The van der Waals surface area contributed by atoms with Gasteiger partial charge in [0.05, 0.1) is 10.5 Å². The molecule has 8 heteroatoms. The molecule has 0 radical (unpaired) electrons. The van der Waals surface area contributed by atoms with Crippen LogP contribution in [0.4, 0.5) is 0 Å². The number of benzene rings is 1. The van der Waals surface area contributed by atoms with Crippen LogP contribution in [-0.4, -0.2) is 37.5 Å². The second-order valence-electron chi connectivity index (χ2n) is 4.25. The second kappa shape index (κ2) is 7.44. The molecule has 2 N–H and O–H groups in total. The summed E-state index contributed by atoms with van der Waals surface area (Å²) >= 11 is 4.78. The second-order valence-corrected chi connectivity index (χ2v) is 7.78. The fourth-order valence-electron chi connectivity index (χ4n) is 1.52. The number of hydrogen-bond acceptors (Lipinski definition) is 4. The first-order valence-electron chi connectivity index (χ1n) is 5.82. The van der Waals surface area contributed by atoms with Gasteiger partial charge in [-0.3, -0.25) is 0 Å². The Kier molecular flexibility index (Phi) is 6.50. The van der Waals surface area contributed by atoms with Gasteiger partial charge in [0.2, 0.25) is 10.0 Å². The number of carboxylic acid groups (broad SMARTS) is 1. The minimum Gasteiger partial charge on any atom is -0.478 e. The maximum Gasteiger partial charge on any atom is 0.335 e. The zero-order valence-electron chi connectivity index (χ0n) is 11.1. The average molecular weight is 382 g/mol. The van der Waals surface area contributed by atoms with Gasteiger partial charge in [0.25, 0.3) is 0 Å². The fraction of sp³-hybridized carbons (Fsp3) is 0.417. The Morgan fingerprint density at radius 2 is 2.15 bits per heavy atom. The number of nitrogens with one attached hydrogen (secondary N) is 1. The number of thioether (sulfide) groups is 1. The first-order chi connectivity index (χ1) is 9.27. The van der Waals surface area contributed by atoms with Crippen molar-refractivity contribution in [2.24, 2.45) is 0 Å². The molecule has 0 aromatic heterocycles. The molecule has 0 bridgehead atoms. The molecule has 0 heterocycles. The van der Waals surface area contributed by atoms with Crippen LogP contribution in [0.2, 0.25) is 0 Å². The lowest BCUT2D eigenvalue weighted by atomic mass is 10.2. The van der Waals surface area contributed by atoms with Crippen LogP contribution in [0.1, 0.15) is 23.7 Å². The first-order valence-corrected chi connectivity index (χ1v) is 9.49. The summed E-state index contributed by atoms with van der Waals surface area (Å²) in [6, 6.07) is 3.70. The molecule has 112 valence electrons. The molecule has 1 rings (SSSR count). The number of carbonyl (C=O) groups is 1. The minimum absolute atomic E-state index is 0.0617. The Bertz CT molecular complexity index is 589. The van der Waals surface area contributed by atoms with Crippen LogP contribution in [0, 0.1) is 0 Å². The highest BCUT2D eigenvalue weighted by Gasteiger charge is 2.21. The van der Waals surface area contributed by atoms with Crippen molar-refractivity contribution in [2.45, 2.75) is 24.3 Å². The minimum atomic E-state index is -3.75. The summed E-state index contributed by atoms with van der Waals surface area (Å²) in [7, 11) is -3.75. The molecule has 0 saturated carbocycles. The van der Waals surface area contributed by atoms with Crippen LogP contribution in [0.5, 0.6) is 0 Å². The summed E-state index contributed by atoms with van der Waals surface area (Å²) in [5.41, 5.74) is -0.0645. The van der Waals surface area contributed by atoms with Crippen molar-refractivity contribution >= 4 is 43.7 Å². The normalized spacial score (nSPS) is 13.2. The van der Waals surface area contributed by atoms with Crippen LogP contribution in [0.15, 0.2) is 27.6 Å². The third-order valence-corrected chi connectivity index (χ3v) is 5.81. The summed E-state index contributed by atoms with van der Waals surface area (Å²) in [5, 5.41) is 8.93. The van der Waals surface area contributed by atoms with E-state index >= 15 is 0 Å².